The van der Waals surface area contributed by atoms with E-state index >= 15 is 0 Å². The Morgan fingerprint density at radius 2 is 1.85 bits per heavy atom. The summed E-state index contributed by atoms with van der Waals surface area (Å²) >= 11 is 0. The molecule has 232 valence electrons. The number of rotatable bonds is 9. The molecule has 7 unspecified atom stereocenters. The van der Waals surface area contributed by atoms with Crippen molar-refractivity contribution in [3.63, 3.8) is 0 Å². The average Bonchev–Trinajstić information content (AvgIpc) is 3.62. The van der Waals surface area contributed by atoms with E-state index in [1.807, 2.05) is 0 Å². The van der Waals surface area contributed by atoms with Crippen molar-refractivity contribution >= 4 is 12.3 Å². The molecule has 4 saturated carbocycles. The molecule has 0 spiro atoms. The third kappa shape index (κ3) is 4.22. The lowest BCUT2D eigenvalue weighted by atomic mass is 9.40. The van der Waals surface area contributed by atoms with E-state index in [4.69, 9.17) is 4.74 Å². The molecule has 6 fully saturated rings. The van der Waals surface area contributed by atoms with Gasteiger partial charge < -0.3 is 19.5 Å². The van der Waals surface area contributed by atoms with E-state index in [1.54, 1.807) is 0 Å². The number of carbonyl (C=O) groups excluding carboxylic acids is 1. The van der Waals surface area contributed by atoms with Crippen molar-refractivity contribution in [1.82, 2.24) is 4.90 Å². The highest BCUT2D eigenvalue weighted by Crippen LogP contribution is 2.86. The van der Waals surface area contributed by atoms with Gasteiger partial charge in [-0.05, 0) is 112 Å². The molecule has 6 aliphatic rings. The predicted octanol–water partition coefficient (Wildman–Crippen LogP) is 6.98. The van der Waals surface area contributed by atoms with Gasteiger partial charge in [-0.2, -0.15) is 13.2 Å². The molecule has 2 saturated heterocycles. The summed E-state index contributed by atoms with van der Waals surface area (Å²) in [6.45, 7) is 9.17. The summed E-state index contributed by atoms with van der Waals surface area (Å²) in [5.74, 6) is 0.115. The van der Waals surface area contributed by atoms with Crippen LogP contribution in [0.4, 0.5) is 13.2 Å². The number of alkyl halides is 3. The van der Waals surface area contributed by atoms with E-state index in [0.29, 0.717) is 37.6 Å². The fourth-order valence-corrected chi connectivity index (χ4v) is 12.2. The van der Waals surface area contributed by atoms with Gasteiger partial charge in [0.05, 0.1) is 17.6 Å². The lowest BCUT2D eigenvalue weighted by Gasteiger charge is -2.61. The van der Waals surface area contributed by atoms with Crippen LogP contribution in [0.2, 0.25) is 0 Å². The SMILES string of the molecule is CC(C)C1CC2C[C@@]3(C=O)[C@@H]4CC[C@@H](C)[C@H]4CC2(C2CC(CCCC(F)(F)F)C(CN4CCCCC4)O2)C13C(=O)O. The first-order chi connectivity index (χ1) is 19.4. The van der Waals surface area contributed by atoms with Crippen LogP contribution in [0, 0.1) is 57.7 Å². The topological polar surface area (TPSA) is 66.8 Å². The van der Waals surface area contributed by atoms with Gasteiger partial charge in [-0.1, -0.05) is 33.6 Å². The van der Waals surface area contributed by atoms with E-state index in [0.717, 1.165) is 57.9 Å². The number of fused-ring (bicyclic) bond motifs is 2. The van der Waals surface area contributed by atoms with Crippen molar-refractivity contribution in [1.29, 1.82) is 0 Å². The second kappa shape index (κ2) is 10.5. The summed E-state index contributed by atoms with van der Waals surface area (Å²) in [6.07, 6.45) is 4.37. The molecule has 2 aliphatic heterocycles. The van der Waals surface area contributed by atoms with Crippen molar-refractivity contribution in [2.24, 2.45) is 57.7 Å². The van der Waals surface area contributed by atoms with Crippen LogP contribution >= 0.6 is 0 Å². The van der Waals surface area contributed by atoms with Crippen LogP contribution in [0.15, 0.2) is 0 Å². The largest absolute Gasteiger partial charge is 0.481 e. The van der Waals surface area contributed by atoms with E-state index in [-0.39, 0.29) is 48.2 Å². The number of hydrogen-bond acceptors (Lipinski definition) is 4. The Morgan fingerprint density at radius 3 is 2.49 bits per heavy atom. The minimum atomic E-state index is -4.18. The number of carboxylic acids is 1. The maximum absolute atomic E-state index is 13.9. The number of hydrogen-bond donors (Lipinski definition) is 1. The molecule has 6 rings (SSSR count). The fourth-order valence-electron chi connectivity index (χ4n) is 12.2. The zero-order valence-electron chi connectivity index (χ0n) is 25.1. The molecule has 0 aromatic carbocycles. The summed E-state index contributed by atoms with van der Waals surface area (Å²) in [4.78, 5) is 29.8. The number of likely N-dealkylation sites (tertiary alicyclic amines) is 1. The van der Waals surface area contributed by atoms with Gasteiger partial charge >= 0.3 is 12.1 Å². The monoisotopic (exact) mass is 581 g/mol. The third-order valence-electron chi connectivity index (χ3n) is 13.5. The standard InChI is InChI=1S/C33H50F3NO4/c1-20(2)26-15-23-16-30(19-38)25-10-9-21(3)24(25)17-31(23,33(26,30)29(39)40)28-14-22(8-7-11-32(34,35)36)27(41-28)18-37-12-5-4-6-13-37/h19-28H,4-18H2,1-3H3,(H,39,40)/t21-,22?,23?,24-,25-,26?,27?,28?,30-,31?,33?/m1/s1. The summed E-state index contributed by atoms with van der Waals surface area (Å²) in [7, 11) is 0. The van der Waals surface area contributed by atoms with Crippen LogP contribution in [-0.4, -0.2) is 60.3 Å². The molecule has 0 radical (unpaired) electrons. The first-order valence-corrected chi connectivity index (χ1v) is 16.6. The van der Waals surface area contributed by atoms with Crippen LogP contribution < -0.4 is 0 Å². The Hall–Kier alpha value is -1.15. The molecule has 5 nitrogen and oxygen atoms in total. The van der Waals surface area contributed by atoms with Gasteiger partial charge in [-0.25, -0.2) is 0 Å². The smallest absolute Gasteiger partial charge is 0.389 e. The molecule has 1 N–H and O–H groups in total. The van der Waals surface area contributed by atoms with Crippen LogP contribution in [0.5, 0.6) is 0 Å². The molecule has 4 aliphatic carbocycles. The quantitative estimate of drug-likeness (QED) is 0.298. The average molecular weight is 582 g/mol. The van der Waals surface area contributed by atoms with Gasteiger partial charge in [-0.3, -0.25) is 4.79 Å². The maximum atomic E-state index is 13.9. The van der Waals surface area contributed by atoms with Crippen LogP contribution in [0.25, 0.3) is 0 Å². The van der Waals surface area contributed by atoms with Crippen LogP contribution in [0.3, 0.4) is 0 Å². The predicted molar refractivity (Wildman–Crippen MR) is 149 cm³/mol. The third-order valence-corrected chi connectivity index (χ3v) is 13.5. The van der Waals surface area contributed by atoms with E-state index in [1.165, 1.54) is 6.42 Å². The van der Waals surface area contributed by atoms with Gasteiger partial charge in [0.25, 0.3) is 0 Å². The van der Waals surface area contributed by atoms with Crippen LogP contribution in [-0.2, 0) is 14.3 Å². The zero-order chi connectivity index (χ0) is 29.4. The van der Waals surface area contributed by atoms with Gasteiger partial charge in [0, 0.05) is 23.8 Å². The molecule has 41 heavy (non-hydrogen) atoms. The van der Waals surface area contributed by atoms with Gasteiger partial charge in [-0.15, -0.1) is 0 Å². The number of piperidine rings is 1. The minimum absolute atomic E-state index is 0.0219. The Bertz CT molecular complexity index is 1010. The van der Waals surface area contributed by atoms with Crippen molar-refractivity contribution in [3.8, 4) is 0 Å². The second-order valence-corrected chi connectivity index (χ2v) is 15.4. The lowest BCUT2D eigenvalue weighted by Crippen LogP contribution is -2.66. The Balaban J connectivity index is 1.40. The highest BCUT2D eigenvalue weighted by molar-refractivity contribution is 5.86. The molecule has 0 aromatic heterocycles. The molecular formula is C33H50F3NO4. The number of aldehydes is 1. The first kappa shape index (κ1) is 29.9. The molecular weight excluding hydrogens is 531 g/mol. The molecule has 2 heterocycles. The molecule has 0 amide bonds. The van der Waals surface area contributed by atoms with Gasteiger partial charge in [0.2, 0.25) is 0 Å². The number of nitrogens with zero attached hydrogens (tertiary/aromatic N) is 1. The van der Waals surface area contributed by atoms with Crippen LogP contribution in [0.1, 0.15) is 97.8 Å². The highest BCUT2D eigenvalue weighted by atomic mass is 19.4. The summed E-state index contributed by atoms with van der Waals surface area (Å²) in [5, 5.41) is 11.4. The lowest BCUT2D eigenvalue weighted by molar-refractivity contribution is -0.215. The van der Waals surface area contributed by atoms with Crippen molar-refractivity contribution < 1.29 is 32.6 Å². The van der Waals surface area contributed by atoms with Gasteiger partial charge in [0.15, 0.2) is 0 Å². The number of ether oxygens (including phenoxy) is 1. The van der Waals surface area contributed by atoms with Crippen molar-refractivity contribution in [2.75, 3.05) is 19.6 Å². The van der Waals surface area contributed by atoms with Crippen molar-refractivity contribution in [3.05, 3.63) is 0 Å². The number of carbonyl (C=O) groups is 2. The van der Waals surface area contributed by atoms with E-state index < -0.39 is 34.8 Å². The Labute approximate surface area is 243 Å². The van der Waals surface area contributed by atoms with Crippen molar-refractivity contribution in [2.45, 2.75) is 116 Å². The normalized spacial score (nSPS) is 47.7. The first-order valence-electron chi connectivity index (χ1n) is 16.6. The van der Waals surface area contributed by atoms with E-state index in [2.05, 4.69) is 25.7 Å². The number of halogens is 3. The molecule has 8 heteroatoms. The molecule has 0 aromatic rings. The maximum Gasteiger partial charge on any atom is 0.389 e. The Kier molecular flexibility index (Phi) is 7.65. The Morgan fingerprint density at radius 1 is 1.12 bits per heavy atom. The fraction of sp³-hybridized carbons (Fsp3) is 0.939. The zero-order valence-corrected chi connectivity index (χ0v) is 25.1. The summed E-state index contributed by atoms with van der Waals surface area (Å²) in [5.41, 5.74) is -2.70. The molecule has 11 atom stereocenters. The minimum Gasteiger partial charge on any atom is -0.481 e. The highest BCUT2D eigenvalue weighted by Gasteiger charge is 2.88. The summed E-state index contributed by atoms with van der Waals surface area (Å²) in [6, 6.07) is 0. The molecule has 4 bridgehead atoms. The second-order valence-electron chi connectivity index (χ2n) is 15.4. The van der Waals surface area contributed by atoms with E-state index in [9.17, 15) is 27.9 Å². The number of carboxylic acid groups (broad SMARTS) is 1. The number of aliphatic carboxylic acids is 1. The summed E-state index contributed by atoms with van der Waals surface area (Å²) < 4.78 is 46.6. The van der Waals surface area contributed by atoms with Gasteiger partial charge in [0.1, 0.15) is 6.29 Å².